The summed E-state index contributed by atoms with van der Waals surface area (Å²) >= 11 is 0. The maximum absolute atomic E-state index is 4.17. The Morgan fingerprint density at radius 2 is 0.659 bits per heavy atom. The molecule has 11 aromatic rings. The van der Waals surface area contributed by atoms with Gasteiger partial charge < -0.3 is 0 Å². The minimum absolute atomic E-state index is 0. The van der Waals surface area contributed by atoms with Crippen LogP contribution in [0.15, 0.2) is 201 Å². The molecule has 0 spiro atoms. The average molecular weight is 1610 g/mol. The van der Waals surface area contributed by atoms with Gasteiger partial charge in [-0.2, -0.15) is 115 Å². The van der Waals surface area contributed by atoms with E-state index in [-0.39, 0.29) is 196 Å². The van der Waals surface area contributed by atoms with Crippen molar-refractivity contribution in [1.82, 2.24) is 24.9 Å². The Labute approximate surface area is 681 Å². The SMILES string of the molecule is Cc1[c-]c(-c2[c-]c(C)ccc2)ccc1.Cc1[c-]c(-c2[c-]cc(C)cc2)ccc1.Cc1[c-]c(-c2[c-]ccc(C)c2)ccc1.Cc1ccc(C)nc1.Cc1ccc(C)nc1.Cc1cccc(C)n1.Cc1ccnc(C)c1.Cc1cncc(C)c1.[Y].[Y].[Y].[Y].[Y].[Y]. The normalized spacial score (nSPS) is 9.05. The van der Waals surface area contributed by atoms with E-state index in [9.17, 15) is 0 Å². The monoisotopic (exact) mass is 1610 g/mol. The Hall–Kier alpha value is -2.31. The van der Waals surface area contributed by atoms with Gasteiger partial charge in [0.1, 0.15) is 0 Å². The van der Waals surface area contributed by atoms with Crippen LogP contribution < -0.4 is 0 Å². The molecule has 0 atom stereocenters. The average Bonchev–Trinajstić information content (AvgIpc) is 3.66. The van der Waals surface area contributed by atoms with E-state index >= 15 is 0 Å². The number of pyridine rings is 5. The molecular formula is C77H81N5Y6-6. The van der Waals surface area contributed by atoms with Crippen LogP contribution in [0.5, 0.6) is 0 Å². The second-order valence-corrected chi connectivity index (χ2v) is 20.4. The molecule has 11 heteroatoms. The van der Waals surface area contributed by atoms with Gasteiger partial charge in [-0.05, 0) is 133 Å². The third-order valence-electron chi connectivity index (χ3n) is 11.8. The van der Waals surface area contributed by atoms with Crippen molar-refractivity contribution < 1.29 is 196 Å². The first kappa shape index (κ1) is 89.9. The van der Waals surface area contributed by atoms with E-state index in [2.05, 4.69) is 231 Å². The fourth-order valence-corrected chi connectivity index (χ4v) is 7.53. The predicted octanol–water partition coefficient (Wildman–Crippen LogP) is 19.2. The van der Waals surface area contributed by atoms with E-state index in [1.165, 1.54) is 38.9 Å². The fraction of sp³-hybridized carbons (Fsp3) is 0.208. The Bertz CT molecular complexity index is 3200. The van der Waals surface area contributed by atoms with Crippen LogP contribution in [0.1, 0.15) is 89.7 Å². The molecule has 5 heterocycles. The van der Waals surface area contributed by atoms with Gasteiger partial charge in [0.2, 0.25) is 0 Å². The van der Waals surface area contributed by atoms with Gasteiger partial charge in [0.15, 0.2) is 0 Å². The smallest absolute Gasteiger partial charge is 0.0375 e. The number of aryl methyl sites for hydroxylation is 16. The first-order valence-corrected chi connectivity index (χ1v) is 27.6. The molecule has 0 amide bonds. The quantitative estimate of drug-likeness (QED) is 0.165. The number of hydrogen-bond acceptors (Lipinski definition) is 5. The van der Waals surface area contributed by atoms with Crippen LogP contribution in [-0.4, -0.2) is 24.9 Å². The maximum Gasteiger partial charge on any atom is 0.0375 e. The molecule has 5 aromatic heterocycles. The molecule has 0 aliphatic heterocycles. The molecule has 0 N–H and O–H groups in total. The largest absolute Gasteiger partial charge is 0.264 e. The Morgan fingerprint density at radius 1 is 0.261 bits per heavy atom. The van der Waals surface area contributed by atoms with Crippen molar-refractivity contribution in [2.45, 2.75) is 111 Å². The standard InChI is InChI=1S/3C14H12.5C7H9N.6Y/c2*1-11-5-3-7-13(9-11)14-8-4-6-12(2)10-14;1-11-6-8-13(9-7-11)14-5-3-4-12(2)10-14;1-6-3-7(2)5-8-4-6;1-6-3-4-8-7(2)5-6;2*1-6-3-4-7(2)8-5-6;1-6-4-3-5-7(2)8-6;;;;;;/h3-7,10H,1-2H3;2*3-8H,1-2H3;5*3-5H,1-2H3;;;;;;/q3*-2;;;;;;;;;;;. The Morgan fingerprint density at radius 3 is 0.955 bits per heavy atom. The molecule has 0 unspecified atom stereocenters. The topological polar surface area (TPSA) is 64.5 Å². The van der Waals surface area contributed by atoms with Crippen molar-refractivity contribution in [3.63, 3.8) is 0 Å². The molecule has 6 radical (unpaired) electrons. The summed E-state index contributed by atoms with van der Waals surface area (Å²) in [4.78, 5) is 20.4. The van der Waals surface area contributed by atoms with Crippen LogP contribution in [0.4, 0.5) is 0 Å². The van der Waals surface area contributed by atoms with Crippen LogP contribution in [0.2, 0.25) is 0 Å². The van der Waals surface area contributed by atoms with Crippen molar-refractivity contribution in [2.75, 3.05) is 0 Å². The summed E-state index contributed by atoms with van der Waals surface area (Å²) < 4.78 is 0. The molecule has 0 saturated heterocycles. The Kier molecular flexibility index (Phi) is 52.2. The molecule has 0 bridgehead atoms. The van der Waals surface area contributed by atoms with Crippen LogP contribution >= 0.6 is 0 Å². The van der Waals surface area contributed by atoms with Gasteiger partial charge in [0, 0.05) is 256 Å². The number of nitrogens with zero attached hydrogens (tertiary/aromatic N) is 5. The van der Waals surface area contributed by atoms with Gasteiger partial charge in [-0.1, -0.05) is 65.8 Å². The molecule has 88 heavy (non-hydrogen) atoms. The van der Waals surface area contributed by atoms with Crippen LogP contribution in [0.3, 0.4) is 0 Å². The molecule has 6 aromatic carbocycles. The molecule has 438 valence electrons. The van der Waals surface area contributed by atoms with Crippen molar-refractivity contribution in [2.24, 2.45) is 0 Å². The van der Waals surface area contributed by atoms with E-state index in [0.717, 1.165) is 84.1 Å². The van der Waals surface area contributed by atoms with Crippen molar-refractivity contribution in [3.05, 3.63) is 327 Å². The van der Waals surface area contributed by atoms with E-state index in [0.29, 0.717) is 0 Å². The second kappa shape index (κ2) is 51.2. The zero-order chi connectivity index (χ0) is 59.8. The summed E-state index contributed by atoms with van der Waals surface area (Å²) in [5.41, 5.74) is 25.4. The second-order valence-electron chi connectivity index (χ2n) is 20.4. The third-order valence-corrected chi connectivity index (χ3v) is 11.8. The van der Waals surface area contributed by atoms with Crippen LogP contribution in [0, 0.1) is 147 Å². The van der Waals surface area contributed by atoms with Gasteiger partial charge >= 0.3 is 0 Å². The van der Waals surface area contributed by atoms with Crippen LogP contribution in [0.25, 0.3) is 33.4 Å². The first-order valence-electron chi connectivity index (χ1n) is 27.6. The minimum atomic E-state index is 0. The molecule has 0 aliphatic carbocycles. The summed E-state index contributed by atoms with van der Waals surface area (Å²) in [5.74, 6) is 0. The van der Waals surface area contributed by atoms with Crippen molar-refractivity contribution in [3.8, 4) is 33.4 Å². The predicted molar refractivity (Wildman–Crippen MR) is 346 cm³/mol. The van der Waals surface area contributed by atoms with Gasteiger partial charge in [-0.15, -0.1) is 63.7 Å². The van der Waals surface area contributed by atoms with E-state index in [1.54, 1.807) is 0 Å². The zero-order valence-electron chi connectivity index (χ0n) is 54.8. The molecule has 5 nitrogen and oxygen atoms in total. The molecule has 0 aliphatic rings. The summed E-state index contributed by atoms with van der Waals surface area (Å²) in [6.45, 7) is 32.5. The number of rotatable bonds is 3. The van der Waals surface area contributed by atoms with E-state index in [4.69, 9.17) is 0 Å². The summed E-state index contributed by atoms with van der Waals surface area (Å²) in [5, 5.41) is 0. The van der Waals surface area contributed by atoms with Crippen LogP contribution in [-0.2, 0) is 196 Å². The molecule has 0 fully saturated rings. The zero-order valence-corrected chi connectivity index (χ0v) is 71.8. The first-order chi connectivity index (χ1) is 39.2. The third kappa shape index (κ3) is 39.9. The van der Waals surface area contributed by atoms with Gasteiger partial charge in [-0.3, -0.25) is 24.9 Å². The summed E-state index contributed by atoms with van der Waals surface area (Å²) in [6.07, 6.45) is 9.27. The van der Waals surface area contributed by atoms with Gasteiger partial charge in [-0.25, -0.2) is 33.4 Å². The van der Waals surface area contributed by atoms with Gasteiger partial charge in [0.05, 0.1) is 0 Å². The van der Waals surface area contributed by atoms with E-state index < -0.39 is 0 Å². The van der Waals surface area contributed by atoms with E-state index in [1.807, 2.05) is 142 Å². The number of aromatic nitrogens is 5. The maximum atomic E-state index is 4.17. The number of hydrogen-bond donors (Lipinski definition) is 0. The Balaban J connectivity index is -0.000000942. The molecule has 0 saturated carbocycles. The summed E-state index contributed by atoms with van der Waals surface area (Å²) in [7, 11) is 0. The van der Waals surface area contributed by atoms with Crippen molar-refractivity contribution in [1.29, 1.82) is 0 Å². The minimum Gasteiger partial charge on any atom is -0.264 e. The number of benzene rings is 6. The summed E-state index contributed by atoms with van der Waals surface area (Å²) in [6, 6.07) is 77.1. The molecule has 11 rings (SSSR count). The molecular weight excluding hydrogens is 1530 g/mol. The van der Waals surface area contributed by atoms with Crippen molar-refractivity contribution >= 4 is 0 Å². The van der Waals surface area contributed by atoms with Gasteiger partial charge in [0.25, 0.3) is 0 Å². The fourth-order valence-electron chi connectivity index (χ4n) is 7.53.